The second-order valence-corrected chi connectivity index (χ2v) is 8.54. The summed E-state index contributed by atoms with van der Waals surface area (Å²) >= 11 is 0. The van der Waals surface area contributed by atoms with Crippen LogP contribution in [0.15, 0.2) is 48.8 Å². The molecule has 1 fully saturated rings. The average molecular weight is 431 g/mol. The van der Waals surface area contributed by atoms with Crippen LogP contribution < -0.4 is 5.32 Å². The van der Waals surface area contributed by atoms with Crippen LogP contribution in [-0.4, -0.2) is 54.9 Å². The summed E-state index contributed by atoms with van der Waals surface area (Å²) in [6.45, 7) is 5.37. The lowest BCUT2D eigenvalue weighted by atomic mass is 10.1. The van der Waals surface area contributed by atoms with Crippen molar-refractivity contribution in [2.24, 2.45) is 0 Å². The largest absolute Gasteiger partial charge is 0.393 e. The number of nitrogens with zero attached hydrogens (tertiary/aromatic N) is 5. The number of carbonyl (C=O) groups excluding carboxylic acids is 1. The molecule has 0 saturated carbocycles. The van der Waals surface area contributed by atoms with E-state index in [0.29, 0.717) is 37.4 Å². The lowest BCUT2D eigenvalue weighted by molar-refractivity contribution is 0.0546. The number of amides is 1. The molecule has 0 radical (unpaired) electrons. The lowest BCUT2D eigenvalue weighted by Crippen LogP contribution is -2.40. The first-order chi connectivity index (χ1) is 15.5. The topological polar surface area (TPSA) is 96.2 Å². The maximum absolute atomic E-state index is 12.7. The molecule has 0 spiro atoms. The van der Waals surface area contributed by atoms with Crippen molar-refractivity contribution in [1.29, 1.82) is 0 Å². The second kappa shape index (κ2) is 8.20. The Morgan fingerprint density at radius 3 is 2.50 bits per heavy atom. The normalized spacial score (nSPS) is 15.1. The van der Waals surface area contributed by atoms with E-state index in [1.807, 2.05) is 53.5 Å². The number of nitrogens with one attached hydrogen (secondary N) is 1. The molecule has 32 heavy (non-hydrogen) atoms. The van der Waals surface area contributed by atoms with Gasteiger partial charge in [-0.15, -0.1) is 0 Å². The number of fused-ring (bicyclic) bond motifs is 3. The molecule has 2 aromatic carbocycles. The smallest absolute Gasteiger partial charge is 0.253 e. The zero-order valence-electron chi connectivity index (χ0n) is 18.2. The standard InChI is InChI=1S/C24H26N6O2/c1-15(2)30-22-18(14-26-30)4-3-17-13-25-24(28-21(17)22)27-19-7-5-16(6-8-19)23(32)29-11-9-20(31)10-12-29/h3-8,13-15,20,31H,9-12H2,1-2H3,(H,25,27,28). The van der Waals surface area contributed by atoms with Crippen molar-refractivity contribution in [3.63, 3.8) is 0 Å². The highest BCUT2D eigenvalue weighted by molar-refractivity contribution is 6.03. The fourth-order valence-electron chi connectivity index (χ4n) is 4.15. The van der Waals surface area contributed by atoms with E-state index in [4.69, 9.17) is 4.98 Å². The van der Waals surface area contributed by atoms with Gasteiger partial charge in [0.05, 0.1) is 17.8 Å². The van der Waals surface area contributed by atoms with Crippen LogP contribution in [0.25, 0.3) is 21.8 Å². The van der Waals surface area contributed by atoms with E-state index in [9.17, 15) is 9.90 Å². The Kier molecular flexibility index (Phi) is 5.22. The first kappa shape index (κ1) is 20.4. The van der Waals surface area contributed by atoms with Gasteiger partial charge in [-0.2, -0.15) is 5.10 Å². The molecule has 1 aliphatic heterocycles. The van der Waals surface area contributed by atoms with E-state index >= 15 is 0 Å². The third kappa shape index (κ3) is 3.78. The van der Waals surface area contributed by atoms with Gasteiger partial charge in [0.2, 0.25) is 5.95 Å². The van der Waals surface area contributed by atoms with Gasteiger partial charge in [0.25, 0.3) is 5.91 Å². The number of carbonyl (C=O) groups is 1. The van der Waals surface area contributed by atoms with E-state index in [0.717, 1.165) is 27.5 Å². The summed E-state index contributed by atoms with van der Waals surface area (Å²) < 4.78 is 1.98. The Morgan fingerprint density at radius 2 is 1.78 bits per heavy atom. The maximum atomic E-state index is 12.7. The van der Waals surface area contributed by atoms with Crippen LogP contribution in [0.5, 0.6) is 0 Å². The number of benzene rings is 2. The summed E-state index contributed by atoms with van der Waals surface area (Å²) in [7, 11) is 0. The molecule has 0 unspecified atom stereocenters. The Labute approximate surface area is 185 Å². The monoisotopic (exact) mass is 430 g/mol. The molecule has 2 aromatic heterocycles. The minimum absolute atomic E-state index is 0.00487. The lowest BCUT2D eigenvalue weighted by Gasteiger charge is -2.29. The molecular weight excluding hydrogens is 404 g/mol. The number of anilines is 2. The number of aromatic nitrogens is 4. The van der Waals surface area contributed by atoms with Crippen molar-refractivity contribution in [3.8, 4) is 0 Å². The van der Waals surface area contributed by atoms with Gasteiger partial charge in [-0.25, -0.2) is 9.97 Å². The van der Waals surface area contributed by atoms with Crippen molar-refractivity contribution in [3.05, 3.63) is 54.4 Å². The molecule has 1 amide bonds. The van der Waals surface area contributed by atoms with Gasteiger partial charge in [-0.3, -0.25) is 9.48 Å². The molecule has 164 valence electrons. The van der Waals surface area contributed by atoms with Gasteiger partial charge in [0, 0.05) is 47.4 Å². The molecule has 5 rings (SSSR count). The van der Waals surface area contributed by atoms with Crippen molar-refractivity contribution >= 4 is 39.3 Å². The number of rotatable bonds is 4. The van der Waals surface area contributed by atoms with Crippen LogP contribution in [0.1, 0.15) is 43.1 Å². The molecule has 2 N–H and O–H groups in total. The summed E-state index contributed by atoms with van der Waals surface area (Å²) in [4.78, 5) is 23.7. The Balaban J connectivity index is 1.39. The summed E-state index contributed by atoms with van der Waals surface area (Å²) in [6.07, 6.45) is 4.64. The Hall–Kier alpha value is -3.52. The molecule has 3 heterocycles. The van der Waals surface area contributed by atoms with Crippen LogP contribution in [0.2, 0.25) is 0 Å². The van der Waals surface area contributed by atoms with Crippen LogP contribution in [0.4, 0.5) is 11.6 Å². The Morgan fingerprint density at radius 1 is 1.06 bits per heavy atom. The number of hydrogen-bond acceptors (Lipinski definition) is 6. The van der Waals surface area contributed by atoms with E-state index in [2.05, 4.69) is 29.2 Å². The number of aliphatic hydroxyl groups is 1. The van der Waals surface area contributed by atoms with E-state index < -0.39 is 0 Å². The molecule has 8 nitrogen and oxygen atoms in total. The molecule has 8 heteroatoms. The third-order valence-corrected chi connectivity index (χ3v) is 5.94. The van der Waals surface area contributed by atoms with Crippen molar-refractivity contribution < 1.29 is 9.90 Å². The van der Waals surface area contributed by atoms with E-state index in [-0.39, 0.29) is 18.1 Å². The number of likely N-dealkylation sites (tertiary alicyclic amines) is 1. The van der Waals surface area contributed by atoms with Gasteiger partial charge in [-0.1, -0.05) is 12.1 Å². The number of aliphatic hydroxyl groups excluding tert-OH is 1. The van der Waals surface area contributed by atoms with Gasteiger partial charge in [-0.05, 0) is 51.0 Å². The van der Waals surface area contributed by atoms with Crippen LogP contribution in [0.3, 0.4) is 0 Å². The van der Waals surface area contributed by atoms with Crippen molar-refractivity contribution in [2.45, 2.75) is 38.8 Å². The highest BCUT2D eigenvalue weighted by Gasteiger charge is 2.22. The summed E-state index contributed by atoms with van der Waals surface area (Å²) in [5.41, 5.74) is 3.29. The fraction of sp³-hybridized carbons (Fsp3) is 0.333. The molecular formula is C24H26N6O2. The average Bonchev–Trinajstić information content (AvgIpc) is 3.25. The maximum Gasteiger partial charge on any atom is 0.253 e. The van der Waals surface area contributed by atoms with Gasteiger partial charge >= 0.3 is 0 Å². The molecule has 0 aliphatic carbocycles. The van der Waals surface area contributed by atoms with Crippen LogP contribution in [0, 0.1) is 0 Å². The number of hydrogen-bond donors (Lipinski definition) is 2. The highest BCUT2D eigenvalue weighted by Crippen LogP contribution is 2.27. The van der Waals surface area contributed by atoms with E-state index in [1.54, 1.807) is 4.90 Å². The van der Waals surface area contributed by atoms with Gasteiger partial charge in [0.15, 0.2) is 0 Å². The zero-order chi connectivity index (χ0) is 22.2. The third-order valence-electron chi connectivity index (χ3n) is 5.94. The first-order valence-corrected chi connectivity index (χ1v) is 11.0. The van der Waals surface area contributed by atoms with Crippen molar-refractivity contribution in [2.75, 3.05) is 18.4 Å². The molecule has 1 saturated heterocycles. The predicted octanol–water partition coefficient (Wildman–Crippen LogP) is 3.90. The quantitative estimate of drug-likeness (QED) is 0.510. The second-order valence-electron chi connectivity index (χ2n) is 8.54. The number of piperidine rings is 1. The van der Waals surface area contributed by atoms with Gasteiger partial charge < -0.3 is 15.3 Å². The summed E-state index contributed by atoms with van der Waals surface area (Å²) in [5.74, 6) is 0.486. The van der Waals surface area contributed by atoms with Crippen LogP contribution in [-0.2, 0) is 0 Å². The zero-order valence-corrected chi connectivity index (χ0v) is 18.2. The van der Waals surface area contributed by atoms with E-state index in [1.165, 1.54) is 0 Å². The van der Waals surface area contributed by atoms with Crippen LogP contribution >= 0.6 is 0 Å². The van der Waals surface area contributed by atoms with Gasteiger partial charge in [0.1, 0.15) is 5.52 Å². The highest BCUT2D eigenvalue weighted by atomic mass is 16.3. The molecule has 0 bridgehead atoms. The first-order valence-electron chi connectivity index (χ1n) is 11.0. The molecule has 0 atom stereocenters. The minimum Gasteiger partial charge on any atom is -0.393 e. The summed E-state index contributed by atoms with van der Waals surface area (Å²) in [5, 5.41) is 19.4. The summed E-state index contributed by atoms with van der Waals surface area (Å²) in [6, 6.07) is 11.6. The fourth-order valence-corrected chi connectivity index (χ4v) is 4.15. The SMILES string of the molecule is CC(C)n1ncc2ccc3cnc(Nc4ccc(C(=O)N5CCC(O)CC5)cc4)nc3c21. The Bertz CT molecular complexity index is 1270. The molecule has 1 aliphatic rings. The predicted molar refractivity (Wildman–Crippen MR) is 124 cm³/mol. The molecule has 4 aromatic rings. The van der Waals surface area contributed by atoms with Crippen molar-refractivity contribution in [1.82, 2.24) is 24.6 Å². The minimum atomic E-state index is -0.298.